The van der Waals surface area contributed by atoms with Crippen LogP contribution in [-0.4, -0.2) is 23.6 Å². The zero-order valence-electron chi connectivity index (χ0n) is 16.4. The topological polar surface area (TPSA) is 104 Å². The Morgan fingerprint density at radius 1 is 0.933 bits per heavy atom. The van der Waals surface area contributed by atoms with E-state index in [-0.39, 0.29) is 16.6 Å². The van der Waals surface area contributed by atoms with Gasteiger partial charge in [-0.2, -0.15) is 8.42 Å². The molecular formula is C22H19N3O4S. The van der Waals surface area contributed by atoms with Crippen LogP contribution in [0.4, 0.5) is 5.82 Å². The lowest BCUT2D eigenvalue weighted by atomic mass is 10.1. The Kier molecular flexibility index (Phi) is 4.79. The van der Waals surface area contributed by atoms with Crippen molar-refractivity contribution in [2.75, 3.05) is 5.73 Å². The first-order chi connectivity index (χ1) is 14.3. The maximum Gasteiger partial charge on any atom is 0.344 e. The number of nitrogen functional groups attached to an aromatic ring is 1. The normalized spacial score (nSPS) is 11.5. The van der Waals surface area contributed by atoms with Crippen LogP contribution in [0.2, 0.25) is 0 Å². The van der Waals surface area contributed by atoms with Crippen molar-refractivity contribution in [1.29, 1.82) is 0 Å². The van der Waals surface area contributed by atoms with Crippen LogP contribution in [0.3, 0.4) is 0 Å². The molecule has 0 aliphatic carbocycles. The fraction of sp³-hybridized carbons (Fsp3) is 0.0909. The van der Waals surface area contributed by atoms with Crippen molar-refractivity contribution in [1.82, 2.24) is 9.19 Å². The number of nitrogens with two attached hydrogens (primary N) is 1. The van der Waals surface area contributed by atoms with Crippen LogP contribution in [-0.2, 0) is 10.0 Å². The third kappa shape index (κ3) is 3.53. The van der Waals surface area contributed by atoms with Crippen LogP contribution in [0.5, 0.6) is 5.88 Å². The standard InChI is InChI=1S/C22H19N3O4S/c1-14-7-8-18(11-15(14)2)22(26)29-21-13-20(23)25(24-21)30(27,28)19-10-9-16-5-3-4-6-17(16)12-19/h3-13H,23H2,1-2H3. The van der Waals surface area contributed by atoms with E-state index >= 15 is 0 Å². The van der Waals surface area contributed by atoms with Gasteiger partial charge in [0.15, 0.2) is 0 Å². The summed E-state index contributed by atoms with van der Waals surface area (Å²) in [7, 11) is -4.06. The first-order valence-electron chi connectivity index (χ1n) is 9.15. The molecule has 1 heterocycles. The number of benzene rings is 3. The summed E-state index contributed by atoms with van der Waals surface area (Å²) in [5.74, 6) is -1.00. The van der Waals surface area contributed by atoms with Gasteiger partial charge in [-0.25, -0.2) is 4.79 Å². The molecule has 0 spiro atoms. The second-order valence-electron chi connectivity index (χ2n) is 6.95. The Hall–Kier alpha value is -3.65. The summed E-state index contributed by atoms with van der Waals surface area (Å²) in [6, 6.07) is 18.5. The number of nitrogens with zero attached hydrogens (tertiary/aromatic N) is 2. The highest BCUT2D eigenvalue weighted by atomic mass is 32.2. The summed E-state index contributed by atoms with van der Waals surface area (Å²) in [4.78, 5) is 12.4. The van der Waals surface area contributed by atoms with Gasteiger partial charge in [0.25, 0.3) is 10.0 Å². The second kappa shape index (κ2) is 7.31. The molecular weight excluding hydrogens is 402 g/mol. The quantitative estimate of drug-likeness (QED) is 0.504. The third-order valence-electron chi connectivity index (χ3n) is 4.87. The third-order valence-corrected chi connectivity index (χ3v) is 6.47. The highest BCUT2D eigenvalue weighted by molar-refractivity contribution is 7.90. The Labute approximate surface area is 173 Å². The number of carbonyl (C=O) groups is 1. The van der Waals surface area contributed by atoms with E-state index in [0.29, 0.717) is 9.65 Å². The second-order valence-corrected chi connectivity index (χ2v) is 8.72. The van der Waals surface area contributed by atoms with Gasteiger partial charge in [0.1, 0.15) is 5.82 Å². The van der Waals surface area contributed by atoms with E-state index in [1.807, 2.05) is 44.2 Å². The van der Waals surface area contributed by atoms with Crippen LogP contribution in [0.25, 0.3) is 10.8 Å². The van der Waals surface area contributed by atoms with Crippen LogP contribution >= 0.6 is 0 Å². The van der Waals surface area contributed by atoms with Gasteiger partial charge in [-0.05, 0) is 60.0 Å². The van der Waals surface area contributed by atoms with Crippen LogP contribution < -0.4 is 10.5 Å². The number of hydrogen-bond donors (Lipinski definition) is 1. The molecule has 0 amide bonds. The molecule has 0 atom stereocenters. The monoisotopic (exact) mass is 421 g/mol. The molecule has 0 bridgehead atoms. The maximum atomic E-state index is 13.0. The van der Waals surface area contributed by atoms with E-state index in [1.165, 1.54) is 12.1 Å². The molecule has 3 aromatic carbocycles. The molecule has 1 aromatic heterocycles. The minimum absolute atomic E-state index is 0.0306. The lowest BCUT2D eigenvalue weighted by Gasteiger charge is -2.07. The van der Waals surface area contributed by atoms with Gasteiger partial charge < -0.3 is 10.5 Å². The van der Waals surface area contributed by atoms with E-state index in [4.69, 9.17) is 10.5 Å². The Balaban J connectivity index is 1.65. The van der Waals surface area contributed by atoms with Gasteiger partial charge >= 0.3 is 5.97 Å². The molecule has 2 N–H and O–H groups in total. The van der Waals surface area contributed by atoms with Gasteiger partial charge in [-0.1, -0.05) is 36.4 Å². The van der Waals surface area contributed by atoms with E-state index in [9.17, 15) is 13.2 Å². The van der Waals surface area contributed by atoms with Gasteiger partial charge in [-0.3, -0.25) is 0 Å². The molecule has 8 heteroatoms. The van der Waals surface area contributed by atoms with Crippen molar-refractivity contribution in [3.8, 4) is 5.88 Å². The van der Waals surface area contributed by atoms with E-state index < -0.39 is 16.0 Å². The van der Waals surface area contributed by atoms with Gasteiger partial charge in [-0.15, -0.1) is 9.19 Å². The zero-order chi connectivity index (χ0) is 21.5. The number of ether oxygens (including phenoxy) is 1. The molecule has 0 radical (unpaired) electrons. The largest absolute Gasteiger partial charge is 0.402 e. The van der Waals surface area contributed by atoms with Crippen molar-refractivity contribution in [3.63, 3.8) is 0 Å². The summed E-state index contributed by atoms with van der Waals surface area (Å²) < 4.78 is 32.0. The molecule has 0 unspecified atom stereocenters. The summed E-state index contributed by atoms with van der Waals surface area (Å²) in [5.41, 5.74) is 8.18. The van der Waals surface area contributed by atoms with Crippen LogP contribution in [0, 0.1) is 13.8 Å². The first kappa shape index (κ1) is 19.7. The number of carbonyl (C=O) groups excluding carboxylic acids is 1. The highest BCUT2D eigenvalue weighted by Gasteiger charge is 2.23. The first-order valence-corrected chi connectivity index (χ1v) is 10.6. The Morgan fingerprint density at radius 3 is 2.40 bits per heavy atom. The lowest BCUT2D eigenvalue weighted by Crippen LogP contribution is -2.17. The molecule has 0 saturated carbocycles. The molecule has 0 aliphatic rings. The number of rotatable bonds is 4. The molecule has 30 heavy (non-hydrogen) atoms. The highest BCUT2D eigenvalue weighted by Crippen LogP contribution is 2.25. The van der Waals surface area contributed by atoms with Gasteiger partial charge in [0.05, 0.1) is 10.5 Å². The SMILES string of the molecule is Cc1ccc(C(=O)Oc2cc(N)n(S(=O)(=O)c3ccc4ccccc4c3)n2)cc1C. The fourth-order valence-electron chi connectivity index (χ4n) is 3.05. The predicted octanol–water partition coefficient (Wildman–Crippen LogP) is 3.69. The number of esters is 1. The molecule has 4 aromatic rings. The maximum absolute atomic E-state index is 13.0. The van der Waals surface area contributed by atoms with Crippen molar-refractivity contribution < 1.29 is 17.9 Å². The molecule has 7 nitrogen and oxygen atoms in total. The number of aromatic nitrogens is 2. The number of aryl methyl sites for hydroxylation is 2. The zero-order valence-corrected chi connectivity index (χ0v) is 17.2. The molecule has 0 fully saturated rings. The summed E-state index contributed by atoms with van der Waals surface area (Å²) in [6.45, 7) is 3.82. The summed E-state index contributed by atoms with van der Waals surface area (Å²) >= 11 is 0. The molecule has 0 saturated heterocycles. The van der Waals surface area contributed by atoms with Gasteiger partial charge in [0.2, 0.25) is 5.88 Å². The van der Waals surface area contributed by atoms with E-state index in [2.05, 4.69) is 5.10 Å². The van der Waals surface area contributed by atoms with E-state index in [0.717, 1.165) is 21.9 Å². The lowest BCUT2D eigenvalue weighted by molar-refractivity contribution is 0.0727. The number of anilines is 1. The van der Waals surface area contributed by atoms with Crippen molar-refractivity contribution in [2.45, 2.75) is 18.7 Å². The van der Waals surface area contributed by atoms with Crippen molar-refractivity contribution >= 4 is 32.6 Å². The summed E-state index contributed by atoms with van der Waals surface area (Å²) in [5, 5.41) is 5.58. The van der Waals surface area contributed by atoms with Crippen molar-refractivity contribution in [3.05, 3.63) is 83.4 Å². The Bertz CT molecular complexity index is 1390. The van der Waals surface area contributed by atoms with Gasteiger partial charge in [0, 0.05) is 6.07 Å². The number of fused-ring (bicyclic) bond motifs is 1. The fourth-order valence-corrected chi connectivity index (χ4v) is 4.28. The summed E-state index contributed by atoms with van der Waals surface area (Å²) in [6.07, 6.45) is 0. The van der Waals surface area contributed by atoms with Crippen molar-refractivity contribution in [2.24, 2.45) is 0 Å². The Morgan fingerprint density at radius 2 is 1.67 bits per heavy atom. The smallest absolute Gasteiger partial charge is 0.344 e. The van der Waals surface area contributed by atoms with E-state index in [1.54, 1.807) is 24.3 Å². The average Bonchev–Trinajstić information content (AvgIpc) is 3.10. The molecule has 4 rings (SSSR count). The predicted molar refractivity (Wildman–Crippen MR) is 114 cm³/mol. The van der Waals surface area contributed by atoms with Crippen LogP contribution in [0.15, 0.2) is 71.6 Å². The minimum atomic E-state index is -4.06. The minimum Gasteiger partial charge on any atom is -0.402 e. The molecule has 152 valence electrons. The number of hydrogen-bond acceptors (Lipinski definition) is 6. The van der Waals surface area contributed by atoms with Crippen LogP contribution in [0.1, 0.15) is 21.5 Å². The average molecular weight is 421 g/mol. The molecule has 0 aliphatic heterocycles.